The number of hydrogen-bond acceptors (Lipinski definition) is 3. The number of aromatic nitrogens is 3. The molecule has 5 heteroatoms. The van der Waals surface area contributed by atoms with Crippen molar-refractivity contribution in [2.24, 2.45) is 17.8 Å². The third-order valence-electron chi connectivity index (χ3n) is 6.79. The second-order valence-electron chi connectivity index (χ2n) is 8.63. The van der Waals surface area contributed by atoms with Gasteiger partial charge in [-0.15, -0.1) is 0 Å². The molecule has 2 N–H and O–H groups in total. The van der Waals surface area contributed by atoms with Gasteiger partial charge in [0.05, 0.1) is 0 Å². The first kappa shape index (κ1) is 15.6. The lowest BCUT2D eigenvalue weighted by Crippen LogP contribution is -2.49. The first-order valence-corrected chi connectivity index (χ1v) is 9.99. The number of aryl methyl sites for hydroxylation is 1. The minimum Gasteiger partial charge on any atom is -0.366 e. The normalized spacial score (nSPS) is 32.9. The van der Waals surface area contributed by atoms with Gasteiger partial charge in [-0.3, -0.25) is 0 Å². The van der Waals surface area contributed by atoms with E-state index in [1.54, 1.807) is 0 Å². The Labute approximate surface area is 154 Å². The Kier molecular flexibility index (Phi) is 3.56. The second kappa shape index (κ2) is 5.70. The summed E-state index contributed by atoms with van der Waals surface area (Å²) in [5.74, 6) is 3.92. The van der Waals surface area contributed by atoms with E-state index in [9.17, 15) is 0 Å². The van der Waals surface area contributed by atoms with Gasteiger partial charge < -0.3 is 10.3 Å². The maximum absolute atomic E-state index is 5.58. The molecule has 1 heterocycles. The molecule has 0 saturated heterocycles. The van der Waals surface area contributed by atoms with Gasteiger partial charge >= 0.3 is 0 Å². The molecule has 0 spiro atoms. The van der Waals surface area contributed by atoms with Crippen molar-refractivity contribution in [1.82, 2.24) is 14.8 Å². The minimum atomic E-state index is 0.274. The topological polar surface area (TPSA) is 45.6 Å². The Balaban J connectivity index is 1.39. The predicted molar refractivity (Wildman–Crippen MR) is 102 cm³/mol. The summed E-state index contributed by atoms with van der Waals surface area (Å²) in [4.78, 5) is 3.48. The number of aromatic amines is 1. The summed E-state index contributed by atoms with van der Waals surface area (Å²) in [6.07, 6.45) is 8.30. The molecule has 0 unspecified atom stereocenters. The molecule has 1 aromatic carbocycles. The highest BCUT2D eigenvalue weighted by atomic mass is 32.1. The van der Waals surface area contributed by atoms with Crippen molar-refractivity contribution in [2.75, 3.05) is 5.32 Å². The summed E-state index contributed by atoms with van der Waals surface area (Å²) in [6.45, 7) is 2.74. The molecule has 0 atom stereocenters. The first-order valence-electron chi connectivity index (χ1n) is 9.58. The molecular weight excluding hydrogens is 328 g/mol. The van der Waals surface area contributed by atoms with Crippen LogP contribution in [0.4, 0.5) is 5.69 Å². The van der Waals surface area contributed by atoms with Crippen molar-refractivity contribution in [2.45, 2.75) is 57.5 Å². The lowest BCUT2D eigenvalue weighted by Gasteiger charge is -2.55. The summed E-state index contributed by atoms with van der Waals surface area (Å²) in [5.41, 5.74) is 2.66. The Morgan fingerprint density at radius 2 is 1.80 bits per heavy atom. The van der Waals surface area contributed by atoms with E-state index in [1.165, 1.54) is 44.1 Å². The van der Waals surface area contributed by atoms with E-state index in [4.69, 9.17) is 17.3 Å². The molecule has 1 aromatic heterocycles. The van der Waals surface area contributed by atoms with Crippen molar-refractivity contribution in [3.63, 3.8) is 0 Å². The van der Waals surface area contributed by atoms with Crippen LogP contribution in [0.5, 0.6) is 0 Å². The monoisotopic (exact) mass is 354 g/mol. The van der Waals surface area contributed by atoms with E-state index >= 15 is 0 Å². The van der Waals surface area contributed by atoms with Crippen LogP contribution in [-0.4, -0.2) is 14.8 Å². The summed E-state index contributed by atoms with van der Waals surface area (Å²) in [6, 6.07) is 8.34. The summed E-state index contributed by atoms with van der Waals surface area (Å²) >= 11 is 5.58. The number of hydrogen-bond donors (Lipinski definition) is 2. The molecule has 4 saturated carbocycles. The third-order valence-corrected chi connectivity index (χ3v) is 7.10. The van der Waals surface area contributed by atoms with E-state index in [2.05, 4.69) is 41.5 Å². The molecule has 0 radical (unpaired) electrons. The van der Waals surface area contributed by atoms with E-state index in [1.807, 2.05) is 4.68 Å². The van der Waals surface area contributed by atoms with E-state index < -0.39 is 0 Å². The largest absolute Gasteiger partial charge is 0.366 e. The van der Waals surface area contributed by atoms with Crippen molar-refractivity contribution in [1.29, 1.82) is 0 Å². The average molecular weight is 355 g/mol. The van der Waals surface area contributed by atoms with Crippen molar-refractivity contribution in [3.05, 3.63) is 40.4 Å². The number of rotatable bonds is 4. The molecule has 6 rings (SSSR count). The van der Waals surface area contributed by atoms with Gasteiger partial charge in [0.1, 0.15) is 12.5 Å². The molecule has 0 amide bonds. The molecule has 4 fully saturated rings. The number of nitrogens with zero attached hydrogens (tertiary/aromatic N) is 2. The Morgan fingerprint density at radius 3 is 2.44 bits per heavy atom. The highest BCUT2D eigenvalue weighted by molar-refractivity contribution is 7.71. The molecule has 132 valence electrons. The van der Waals surface area contributed by atoms with Crippen LogP contribution in [0.15, 0.2) is 24.3 Å². The first-order chi connectivity index (χ1) is 12.1. The van der Waals surface area contributed by atoms with E-state index in [0.717, 1.165) is 34.0 Å². The SMILES string of the molecule is Cc1ccccc1NCn1nc(C23CC4CC(CC(C4)C2)C3)[nH]c1=S. The second-order valence-corrected chi connectivity index (χ2v) is 9.01. The molecule has 4 bridgehead atoms. The fourth-order valence-corrected chi connectivity index (χ4v) is 6.24. The zero-order valence-electron chi connectivity index (χ0n) is 14.8. The van der Waals surface area contributed by atoms with Crippen molar-refractivity contribution < 1.29 is 0 Å². The van der Waals surface area contributed by atoms with E-state index in [-0.39, 0.29) is 5.41 Å². The standard InChI is InChI=1S/C20H26N4S/c1-13-4-2-3-5-17(13)21-12-24-19(25)22-18(23-24)20-9-14-6-15(10-20)8-16(7-14)11-20/h2-5,14-16,21H,6-12H2,1H3,(H,22,23,25). The lowest BCUT2D eigenvalue weighted by molar-refractivity contribution is -0.00944. The minimum absolute atomic E-state index is 0.274. The summed E-state index contributed by atoms with van der Waals surface area (Å²) in [7, 11) is 0. The van der Waals surface area contributed by atoms with Gasteiger partial charge in [0, 0.05) is 11.1 Å². The number of H-pyrrole nitrogens is 1. The zero-order valence-corrected chi connectivity index (χ0v) is 15.6. The third kappa shape index (κ3) is 2.64. The molecule has 4 aliphatic rings. The van der Waals surface area contributed by atoms with Gasteiger partial charge in [-0.25, -0.2) is 4.68 Å². The van der Waals surface area contributed by atoms with Crippen LogP contribution in [0.1, 0.15) is 49.9 Å². The predicted octanol–water partition coefficient (Wildman–Crippen LogP) is 4.79. The van der Waals surface area contributed by atoms with Crippen LogP contribution in [0, 0.1) is 29.4 Å². The number of para-hydroxylation sites is 1. The van der Waals surface area contributed by atoms with Gasteiger partial charge in [0.25, 0.3) is 0 Å². The van der Waals surface area contributed by atoms with Crippen LogP contribution in [0.2, 0.25) is 0 Å². The smallest absolute Gasteiger partial charge is 0.196 e. The van der Waals surface area contributed by atoms with Gasteiger partial charge in [-0.05, 0) is 87.1 Å². The highest BCUT2D eigenvalue weighted by Gasteiger charge is 2.53. The summed E-state index contributed by atoms with van der Waals surface area (Å²) in [5, 5.41) is 8.41. The van der Waals surface area contributed by atoms with Gasteiger partial charge in [0.15, 0.2) is 4.77 Å². The molecule has 4 nitrogen and oxygen atoms in total. The Bertz CT molecular complexity index is 814. The Morgan fingerprint density at radius 1 is 1.16 bits per heavy atom. The zero-order chi connectivity index (χ0) is 17.0. The average Bonchev–Trinajstić information content (AvgIpc) is 2.95. The van der Waals surface area contributed by atoms with E-state index in [0.29, 0.717) is 6.67 Å². The molecule has 0 aliphatic heterocycles. The molecule has 25 heavy (non-hydrogen) atoms. The number of anilines is 1. The van der Waals surface area contributed by atoms with Crippen molar-refractivity contribution >= 4 is 17.9 Å². The number of nitrogens with one attached hydrogen (secondary N) is 2. The number of benzene rings is 1. The molecule has 4 aliphatic carbocycles. The van der Waals surface area contributed by atoms with Crippen LogP contribution >= 0.6 is 12.2 Å². The molecular formula is C20H26N4S. The van der Waals surface area contributed by atoms with Crippen LogP contribution < -0.4 is 5.32 Å². The van der Waals surface area contributed by atoms with Crippen LogP contribution in [-0.2, 0) is 12.1 Å². The van der Waals surface area contributed by atoms with Crippen LogP contribution in [0.3, 0.4) is 0 Å². The highest BCUT2D eigenvalue weighted by Crippen LogP contribution is 2.60. The van der Waals surface area contributed by atoms with Gasteiger partial charge in [-0.1, -0.05) is 18.2 Å². The maximum Gasteiger partial charge on any atom is 0.196 e. The quantitative estimate of drug-likeness (QED) is 0.776. The Hall–Kier alpha value is -1.62. The fraction of sp³-hybridized carbons (Fsp3) is 0.600. The summed E-state index contributed by atoms with van der Waals surface area (Å²) < 4.78 is 2.67. The maximum atomic E-state index is 5.58. The van der Waals surface area contributed by atoms with Gasteiger partial charge in [-0.2, -0.15) is 5.10 Å². The molecule has 2 aromatic rings. The fourth-order valence-electron chi connectivity index (χ4n) is 6.03. The van der Waals surface area contributed by atoms with Gasteiger partial charge in [0.2, 0.25) is 0 Å². The van der Waals surface area contributed by atoms with Crippen LogP contribution in [0.25, 0.3) is 0 Å². The lowest BCUT2D eigenvalue weighted by atomic mass is 9.49. The van der Waals surface area contributed by atoms with Crippen molar-refractivity contribution in [3.8, 4) is 0 Å².